The summed E-state index contributed by atoms with van der Waals surface area (Å²) in [5.41, 5.74) is 9.29. The second-order valence-corrected chi connectivity index (χ2v) is 8.58. The van der Waals surface area contributed by atoms with Crippen LogP contribution in [0.15, 0.2) is 91.0 Å². The molecule has 6 rings (SSSR count). The van der Waals surface area contributed by atoms with Crippen LogP contribution in [-0.2, 0) is 13.5 Å². The third-order valence-electron chi connectivity index (χ3n) is 6.95. The summed E-state index contributed by atoms with van der Waals surface area (Å²) >= 11 is 0. The molecule has 4 aromatic carbocycles. The van der Waals surface area contributed by atoms with Crippen molar-refractivity contribution in [1.29, 1.82) is 0 Å². The van der Waals surface area contributed by atoms with E-state index < -0.39 is 0 Å². The Morgan fingerprint density at radius 1 is 0.774 bits per heavy atom. The minimum atomic E-state index is 0.510. The highest BCUT2D eigenvalue weighted by molar-refractivity contribution is 6.16. The van der Waals surface area contributed by atoms with Crippen molar-refractivity contribution in [3.8, 4) is 0 Å². The van der Waals surface area contributed by atoms with E-state index in [2.05, 4.69) is 114 Å². The fourth-order valence-electron chi connectivity index (χ4n) is 5.44. The summed E-state index contributed by atoms with van der Waals surface area (Å²) in [5, 5.41) is 2.68. The largest absolute Gasteiger partial charge is 0.344 e. The first kappa shape index (κ1) is 18.3. The topological polar surface area (TPSA) is 8.17 Å². The van der Waals surface area contributed by atoms with Gasteiger partial charge in [-0.1, -0.05) is 67.6 Å². The number of fused-ring (bicyclic) bond motifs is 6. The van der Waals surface area contributed by atoms with Gasteiger partial charge < -0.3 is 9.47 Å². The number of anilines is 3. The van der Waals surface area contributed by atoms with Crippen molar-refractivity contribution in [2.24, 2.45) is 7.05 Å². The van der Waals surface area contributed by atoms with E-state index in [9.17, 15) is 0 Å². The van der Waals surface area contributed by atoms with E-state index in [-0.39, 0.29) is 0 Å². The molecule has 1 aliphatic rings. The van der Waals surface area contributed by atoms with Gasteiger partial charge in [-0.05, 0) is 60.2 Å². The molecule has 0 saturated heterocycles. The monoisotopic (exact) mass is 402 g/mol. The molecule has 2 heterocycles. The van der Waals surface area contributed by atoms with Crippen molar-refractivity contribution in [2.75, 3.05) is 4.90 Å². The van der Waals surface area contributed by atoms with Gasteiger partial charge in [-0.3, -0.25) is 0 Å². The van der Waals surface area contributed by atoms with Crippen molar-refractivity contribution in [2.45, 2.75) is 25.7 Å². The van der Waals surface area contributed by atoms with E-state index >= 15 is 0 Å². The molecule has 5 aromatic rings. The van der Waals surface area contributed by atoms with Crippen LogP contribution in [0.5, 0.6) is 0 Å². The molecule has 0 spiro atoms. The summed E-state index contributed by atoms with van der Waals surface area (Å²) in [6, 6.07) is 33.3. The first-order chi connectivity index (χ1) is 15.3. The zero-order chi connectivity index (χ0) is 20.9. The molecule has 1 unspecified atom stereocenters. The van der Waals surface area contributed by atoms with Crippen molar-refractivity contribution in [3.05, 3.63) is 102 Å². The van der Waals surface area contributed by atoms with Crippen LogP contribution in [0.25, 0.3) is 21.8 Å². The van der Waals surface area contributed by atoms with Gasteiger partial charge in [0.05, 0.1) is 11.2 Å². The fourth-order valence-corrected chi connectivity index (χ4v) is 5.44. The fraction of sp³-hybridized carbons (Fsp3) is 0.172. The number of aromatic nitrogens is 1. The molecule has 0 saturated carbocycles. The van der Waals surface area contributed by atoms with E-state index in [4.69, 9.17) is 0 Å². The normalized spacial score (nSPS) is 15.7. The highest BCUT2D eigenvalue weighted by atomic mass is 15.2. The van der Waals surface area contributed by atoms with Crippen LogP contribution in [0.2, 0.25) is 0 Å². The lowest BCUT2D eigenvalue weighted by atomic mass is 9.89. The summed E-state index contributed by atoms with van der Waals surface area (Å²) in [5.74, 6) is 0.510. The average Bonchev–Trinajstić information content (AvgIpc) is 3.03. The van der Waals surface area contributed by atoms with Crippen LogP contribution >= 0.6 is 0 Å². The third kappa shape index (κ3) is 2.64. The number of para-hydroxylation sites is 3. The maximum absolute atomic E-state index is 2.51. The number of nitrogens with zero attached hydrogens (tertiary/aromatic N) is 2. The summed E-state index contributed by atoms with van der Waals surface area (Å²) in [4.78, 5) is 2.51. The Morgan fingerprint density at radius 2 is 1.52 bits per heavy atom. The van der Waals surface area contributed by atoms with Gasteiger partial charge in [-0.2, -0.15) is 0 Å². The zero-order valence-electron chi connectivity index (χ0n) is 18.0. The molecule has 0 bridgehead atoms. The highest BCUT2D eigenvalue weighted by Gasteiger charge is 2.29. The molecule has 0 N–H and O–H groups in total. The molecule has 0 amide bonds. The Morgan fingerprint density at radius 3 is 2.35 bits per heavy atom. The molecular weight excluding hydrogens is 376 g/mol. The average molecular weight is 403 g/mol. The number of rotatable bonds is 2. The molecule has 1 aliphatic heterocycles. The molecule has 152 valence electrons. The summed E-state index contributed by atoms with van der Waals surface area (Å²) < 4.78 is 2.34. The zero-order valence-corrected chi connectivity index (χ0v) is 18.0. The van der Waals surface area contributed by atoms with Gasteiger partial charge in [0.2, 0.25) is 0 Å². The van der Waals surface area contributed by atoms with E-state index in [1.165, 1.54) is 50.0 Å². The van der Waals surface area contributed by atoms with Gasteiger partial charge in [0.15, 0.2) is 0 Å². The predicted molar refractivity (Wildman–Crippen MR) is 132 cm³/mol. The van der Waals surface area contributed by atoms with Crippen LogP contribution in [0.4, 0.5) is 17.1 Å². The quantitative estimate of drug-likeness (QED) is 0.292. The minimum absolute atomic E-state index is 0.510. The maximum atomic E-state index is 2.51. The van der Waals surface area contributed by atoms with E-state index in [0.717, 1.165) is 12.8 Å². The Kier molecular flexibility index (Phi) is 4.14. The van der Waals surface area contributed by atoms with Crippen molar-refractivity contribution in [1.82, 2.24) is 4.57 Å². The molecule has 2 heteroatoms. The van der Waals surface area contributed by atoms with Crippen molar-refractivity contribution >= 4 is 38.9 Å². The van der Waals surface area contributed by atoms with E-state index in [1.54, 1.807) is 0 Å². The Labute approximate surface area is 183 Å². The maximum Gasteiger partial charge on any atom is 0.0594 e. The standard InChI is InChI=1S/C29H26N2/c1-3-20-19-21-17-18-27-28(24-14-8-9-15-25(24)30(27)2)29(21)31(22-11-5-4-6-12-22)26-16-10-7-13-23(20)26/h4-18,20H,3,19H2,1-2H3. The van der Waals surface area contributed by atoms with E-state index in [1.807, 2.05) is 0 Å². The van der Waals surface area contributed by atoms with Gasteiger partial charge in [0.25, 0.3) is 0 Å². The van der Waals surface area contributed by atoms with Gasteiger partial charge in [0, 0.05) is 34.7 Å². The van der Waals surface area contributed by atoms with Gasteiger partial charge in [-0.15, -0.1) is 0 Å². The van der Waals surface area contributed by atoms with Crippen LogP contribution in [-0.4, -0.2) is 4.57 Å². The van der Waals surface area contributed by atoms with Gasteiger partial charge in [-0.25, -0.2) is 0 Å². The molecule has 31 heavy (non-hydrogen) atoms. The van der Waals surface area contributed by atoms with Crippen LogP contribution < -0.4 is 4.90 Å². The molecular formula is C29H26N2. The number of benzene rings is 4. The lowest BCUT2D eigenvalue weighted by molar-refractivity contribution is 0.667. The minimum Gasteiger partial charge on any atom is -0.344 e. The number of hydrogen-bond acceptors (Lipinski definition) is 1. The number of hydrogen-bond donors (Lipinski definition) is 0. The summed E-state index contributed by atoms with van der Waals surface area (Å²) in [7, 11) is 2.18. The summed E-state index contributed by atoms with van der Waals surface area (Å²) in [6.07, 6.45) is 2.19. The lowest BCUT2D eigenvalue weighted by Gasteiger charge is -2.28. The lowest BCUT2D eigenvalue weighted by Crippen LogP contribution is -2.12. The Bertz CT molecular complexity index is 1410. The molecule has 0 aliphatic carbocycles. The first-order valence-corrected chi connectivity index (χ1v) is 11.2. The van der Waals surface area contributed by atoms with Crippen molar-refractivity contribution in [3.63, 3.8) is 0 Å². The third-order valence-corrected chi connectivity index (χ3v) is 6.95. The molecule has 1 aromatic heterocycles. The van der Waals surface area contributed by atoms with Crippen molar-refractivity contribution < 1.29 is 0 Å². The second-order valence-electron chi connectivity index (χ2n) is 8.58. The SMILES string of the molecule is CCC1Cc2ccc3c(c2N(c2ccccc2)c2ccccc21)c1ccccc1n3C. The van der Waals surface area contributed by atoms with Crippen LogP contribution in [0, 0.1) is 0 Å². The smallest absolute Gasteiger partial charge is 0.0594 e. The molecule has 0 fully saturated rings. The van der Waals surface area contributed by atoms with E-state index in [0.29, 0.717) is 5.92 Å². The predicted octanol–water partition coefficient (Wildman–Crippen LogP) is 7.85. The second kappa shape index (κ2) is 7.02. The highest BCUT2D eigenvalue weighted by Crippen LogP contribution is 2.50. The van der Waals surface area contributed by atoms with Gasteiger partial charge in [0.1, 0.15) is 0 Å². The Hall–Kier alpha value is -3.52. The Balaban J connectivity index is 1.80. The molecule has 0 radical (unpaired) electrons. The molecule has 1 atom stereocenters. The van der Waals surface area contributed by atoms with Gasteiger partial charge >= 0.3 is 0 Å². The number of aryl methyl sites for hydroxylation is 1. The van der Waals surface area contributed by atoms with Crippen LogP contribution in [0.1, 0.15) is 30.4 Å². The molecule has 2 nitrogen and oxygen atoms in total. The summed E-state index contributed by atoms with van der Waals surface area (Å²) in [6.45, 7) is 2.32. The van der Waals surface area contributed by atoms with Crippen LogP contribution in [0.3, 0.4) is 0 Å². The first-order valence-electron chi connectivity index (χ1n) is 11.2.